The number of nitrogens with one attached hydrogen (secondary N) is 1. The van der Waals surface area contributed by atoms with Crippen molar-refractivity contribution >= 4 is 5.91 Å². The molecule has 2 fully saturated rings. The lowest BCUT2D eigenvalue weighted by Gasteiger charge is -2.46. The van der Waals surface area contributed by atoms with Gasteiger partial charge in [-0.25, -0.2) is 0 Å². The number of carbonyl (C=O) groups is 1. The zero-order chi connectivity index (χ0) is 51.7. The summed E-state index contributed by atoms with van der Waals surface area (Å²) >= 11 is 0. The van der Waals surface area contributed by atoms with E-state index in [1.54, 1.807) is 6.08 Å². The van der Waals surface area contributed by atoms with Crippen LogP contribution >= 0.6 is 0 Å². The number of rotatable bonds is 46. The highest BCUT2D eigenvalue weighted by molar-refractivity contribution is 5.76. The zero-order valence-electron chi connectivity index (χ0n) is 44.7. The summed E-state index contributed by atoms with van der Waals surface area (Å²) in [6.45, 7) is 2.71. The molecule has 0 radical (unpaired) electrons. The van der Waals surface area contributed by atoms with Crippen LogP contribution in [0.15, 0.2) is 24.3 Å². The summed E-state index contributed by atoms with van der Waals surface area (Å²) in [5, 5.41) is 86.6. The number of carbonyl (C=O) groups excluding carboxylic acids is 1. The van der Waals surface area contributed by atoms with Crippen LogP contribution in [0.3, 0.4) is 0 Å². The van der Waals surface area contributed by atoms with Crippen molar-refractivity contribution < 1.29 is 64.6 Å². The number of ether oxygens (including phenoxy) is 4. The fraction of sp³-hybridized carbons (Fsp3) is 0.912. The lowest BCUT2D eigenvalue weighted by Crippen LogP contribution is -2.65. The van der Waals surface area contributed by atoms with Gasteiger partial charge in [0.05, 0.1) is 32.0 Å². The van der Waals surface area contributed by atoms with E-state index in [4.69, 9.17) is 18.9 Å². The van der Waals surface area contributed by atoms with Crippen LogP contribution in [-0.4, -0.2) is 140 Å². The second-order valence-electron chi connectivity index (χ2n) is 20.8. The van der Waals surface area contributed by atoms with Gasteiger partial charge in [0.15, 0.2) is 12.6 Å². The highest BCUT2D eigenvalue weighted by Gasteiger charge is 2.51. The van der Waals surface area contributed by atoms with Crippen LogP contribution in [0.25, 0.3) is 0 Å². The SMILES string of the molecule is CCCC/C=C/CC/C=C/C(O)C(COC1OC(CO)C(OC2OC(CO)C(O)C(O)C2O)C(O)C1O)NC(=O)CCCCCCCCCCCCCCCCCCCCCCCCCCCCCCC. The molecule has 14 nitrogen and oxygen atoms in total. The van der Waals surface area contributed by atoms with Crippen molar-refractivity contribution in [1.29, 1.82) is 0 Å². The first-order valence-corrected chi connectivity index (χ1v) is 29.1. The highest BCUT2D eigenvalue weighted by atomic mass is 16.7. The minimum atomic E-state index is -1.79. The molecule has 2 saturated heterocycles. The predicted molar refractivity (Wildman–Crippen MR) is 282 cm³/mol. The average molecular weight is 1010 g/mol. The summed E-state index contributed by atoms with van der Waals surface area (Å²) in [5.41, 5.74) is 0. The molecule has 0 spiro atoms. The van der Waals surface area contributed by atoms with E-state index >= 15 is 0 Å². The van der Waals surface area contributed by atoms with Gasteiger partial charge in [-0.05, 0) is 25.7 Å². The second-order valence-corrected chi connectivity index (χ2v) is 20.8. The Labute approximate surface area is 430 Å². The van der Waals surface area contributed by atoms with Gasteiger partial charge in [0.2, 0.25) is 5.91 Å². The minimum Gasteiger partial charge on any atom is -0.394 e. The average Bonchev–Trinajstić information content (AvgIpc) is 3.37. The smallest absolute Gasteiger partial charge is 0.220 e. The van der Waals surface area contributed by atoms with Crippen molar-refractivity contribution in [2.75, 3.05) is 19.8 Å². The first-order valence-electron chi connectivity index (χ1n) is 29.1. The summed E-state index contributed by atoms with van der Waals surface area (Å²) in [6.07, 6.45) is 34.2. The Morgan fingerprint density at radius 1 is 0.493 bits per heavy atom. The third-order valence-electron chi connectivity index (χ3n) is 14.4. The molecule has 0 aliphatic carbocycles. The Morgan fingerprint density at radius 2 is 0.901 bits per heavy atom. The number of unbranched alkanes of at least 4 members (excludes halogenated alkanes) is 31. The van der Waals surface area contributed by atoms with E-state index in [-0.39, 0.29) is 18.9 Å². The Balaban J connectivity index is 1.62. The number of allylic oxidation sites excluding steroid dienone is 3. The third kappa shape index (κ3) is 30.0. The van der Waals surface area contributed by atoms with Crippen molar-refractivity contribution in [3.05, 3.63) is 24.3 Å². The molecule has 1 amide bonds. The van der Waals surface area contributed by atoms with E-state index < -0.39 is 86.8 Å². The van der Waals surface area contributed by atoms with Crippen molar-refractivity contribution in [1.82, 2.24) is 5.32 Å². The molecule has 0 aromatic carbocycles. The van der Waals surface area contributed by atoms with Crippen LogP contribution in [0.1, 0.15) is 239 Å². The van der Waals surface area contributed by atoms with Gasteiger partial charge in [0, 0.05) is 6.42 Å². The van der Waals surface area contributed by atoms with Crippen molar-refractivity contribution in [2.24, 2.45) is 0 Å². The first-order chi connectivity index (χ1) is 34.6. The molecule has 0 saturated carbocycles. The van der Waals surface area contributed by atoms with Gasteiger partial charge in [-0.1, -0.05) is 231 Å². The van der Waals surface area contributed by atoms with Crippen LogP contribution in [0.4, 0.5) is 0 Å². The van der Waals surface area contributed by atoms with Crippen LogP contribution < -0.4 is 5.32 Å². The molecule has 2 rings (SSSR count). The molecule has 12 unspecified atom stereocenters. The number of hydrogen-bond acceptors (Lipinski definition) is 13. The molecular weight excluding hydrogens is 907 g/mol. The number of aliphatic hydroxyl groups is 8. The van der Waals surface area contributed by atoms with Crippen molar-refractivity contribution in [3.8, 4) is 0 Å². The molecular formula is C57H107NO13. The summed E-state index contributed by atoms with van der Waals surface area (Å²) in [4.78, 5) is 13.2. The summed E-state index contributed by atoms with van der Waals surface area (Å²) in [5.74, 6) is -0.249. The Morgan fingerprint density at radius 3 is 1.37 bits per heavy atom. The molecule has 2 heterocycles. The lowest BCUT2D eigenvalue weighted by molar-refractivity contribution is -0.359. The number of amides is 1. The Bertz CT molecular complexity index is 1290. The number of aliphatic hydroxyl groups excluding tert-OH is 8. The highest BCUT2D eigenvalue weighted by Crippen LogP contribution is 2.30. The van der Waals surface area contributed by atoms with Gasteiger partial charge in [-0.3, -0.25) is 4.79 Å². The van der Waals surface area contributed by atoms with Crippen LogP contribution in [0.5, 0.6) is 0 Å². The molecule has 0 bridgehead atoms. The van der Waals surface area contributed by atoms with E-state index in [9.17, 15) is 45.6 Å². The molecule has 0 aromatic heterocycles. The maximum atomic E-state index is 13.2. The van der Waals surface area contributed by atoms with E-state index in [2.05, 4.69) is 31.3 Å². The quantitative estimate of drug-likeness (QED) is 0.0205. The van der Waals surface area contributed by atoms with E-state index in [0.717, 1.165) is 44.9 Å². The van der Waals surface area contributed by atoms with Crippen LogP contribution in [-0.2, 0) is 23.7 Å². The van der Waals surface area contributed by atoms with Gasteiger partial charge in [0.25, 0.3) is 0 Å². The molecule has 0 aromatic rings. The molecule has 2 aliphatic rings. The van der Waals surface area contributed by atoms with Crippen molar-refractivity contribution in [3.63, 3.8) is 0 Å². The third-order valence-corrected chi connectivity index (χ3v) is 14.4. The summed E-state index contributed by atoms with van der Waals surface area (Å²) in [7, 11) is 0. The van der Waals surface area contributed by atoms with E-state index in [0.29, 0.717) is 12.8 Å². The van der Waals surface area contributed by atoms with Crippen LogP contribution in [0.2, 0.25) is 0 Å². The second kappa shape index (κ2) is 43.7. The molecule has 9 N–H and O–H groups in total. The zero-order valence-corrected chi connectivity index (χ0v) is 44.7. The maximum absolute atomic E-state index is 13.2. The Kier molecular flexibility index (Phi) is 40.4. The first kappa shape index (κ1) is 65.6. The van der Waals surface area contributed by atoms with Gasteiger partial charge in [-0.15, -0.1) is 0 Å². The van der Waals surface area contributed by atoms with Gasteiger partial charge >= 0.3 is 0 Å². The van der Waals surface area contributed by atoms with Gasteiger partial charge < -0.3 is 65.1 Å². The topological polar surface area (TPSA) is 228 Å². The Hall–Kier alpha value is -1.53. The summed E-state index contributed by atoms with van der Waals surface area (Å²) in [6, 6.07) is -0.925. The monoisotopic (exact) mass is 1010 g/mol. The van der Waals surface area contributed by atoms with Gasteiger partial charge in [-0.2, -0.15) is 0 Å². The van der Waals surface area contributed by atoms with E-state index in [1.807, 2.05) is 6.08 Å². The molecule has 2 aliphatic heterocycles. The van der Waals surface area contributed by atoms with E-state index in [1.165, 1.54) is 161 Å². The fourth-order valence-corrected chi connectivity index (χ4v) is 9.65. The predicted octanol–water partition coefficient (Wildman–Crippen LogP) is 9.28. The van der Waals surface area contributed by atoms with Gasteiger partial charge in [0.1, 0.15) is 48.8 Å². The largest absolute Gasteiger partial charge is 0.394 e. The standard InChI is InChI=1S/C57H107NO13/c1-3-5-7-9-11-13-14-15-16-17-18-19-20-21-22-23-24-25-26-27-28-29-30-31-32-33-35-37-39-41-49(62)58-45(46(61)40-38-36-34-12-10-8-6-4-2)44-68-56-54(67)52(65)55(48(43-60)70-56)71-57-53(66)51(64)50(63)47(42-59)69-57/h10,12,38,40,45-48,50-57,59-61,63-67H,3-9,11,13-37,39,41-44H2,1-2H3,(H,58,62)/b12-10+,40-38+. The molecule has 12 atom stereocenters. The molecule has 14 heteroatoms. The molecule has 71 heavy (non-hydrogen) atoms. The van der Waals surface area contributed by atoms with Crippen molar-refractivity contribution in [2.45, 2.75) is 312 Å². The van der Waals surface area contributed by atoms with Crippen LogP contribution in [0, 0.1) is 0 Å². The fourth-order valence-electron chi connectivity index (χ4n) is 9.65. The lowest BCUT2D eigenvalue weighted by atomic mass is 9.97. The normalized spacial score (nSPS) is 25.9. The summed E-state index contributed by atoms with van der Waals surface area (Å²) < 4.78 is 22.6. The minimum absolute atomic E-state index is 0.249. The maximum Gasteiger partial charge on any atom is 0.220 e. The number of hydrogen-bond donors (Lipinski definition) is 9. The molecule has 418 valence electrons.